The average Bonchev–Trinajstić information content (AvgIpc) is 3.24. The van der Waals surface area contributed by atoms with Gasteiger partial charge >= 0.3 is 0 Å². The Morgan fingerprint density at radius 3 is 2.08 bits per heavy atom. The minimum atomic E-state index is -0.266. The van der Waals surface area contributed by atoms with E-state index >= 15 is 0 Å². The second kappa shape index (κ2) is 14.5. The lowest BCUT2D eigenvalue weighted by molar-refractivity contribution is -0.132. The van der Waals surface area contributed by atoms with E-state index in [2.05, 4.69) is 24.3 Å². The molecule has 49 heavy (non-hydrogen) atoms. The van der Waals surface area contributed by atoms with Crippen molar-refractivity contribution in [2.75, 3.05) is 55.4 Å². The molecule has 1 saturated heterocycles. The lowest BCUT2D eigenvalue weighted by Crippen LogP contribution is -2.48. The van der Waals surface area contributed by atoms with E-state index in [0.29, 0.717) is 47.3 Å². The maximum absolute atomic E-state index is 13.9. The van der Waals surface area contributed by atoms with Crippen molar-refractivity contribution in [3.8, 4) is 11.1 Å². The van der Waals surface area contributed by atoms with Crippen LogP contribution < -0.4 is 15.1 Å². The van der Waals surface area contributed by atoms with Crippen molar-refractivity contribution in [1.82, 2.24) is 9.80 Å². The van der Waals surface area contributed by atoms with Gasteiger partial charge < -0.3 is 24.9 Å². The summed E-state index contributed by atoms with van der Waals surface area (Å²) < 4.78 is 0. The number of nitrogens with one attached hydrogen (secondary N) is 1. The lowest BCUT2D eigenvalue weighted by atomic mass is 9.92. The number of aryl methyl sites for hydroxylation is 2. The second-order valence-electron chi connectivity index (χ2n) is 13.1. The van der Waals surface area contributed by atoms with Gasteiger partial charge in [0.15, 0.2) is 0 Å². The quantitative estimate of drug-likeness (QED) is 0.257. The highest BCUT2D eigenvalue weighted by molar-refractivity contribution is 6.13. The number of piperidine rings is 1. The van der Waals surface area contributed by atoms with Gasteiger partial charge in [-0.2, -0.15) is 0 Å². The van der Waals surface area contributed by atoms with Gasteiger partial charge in [0.25, 0.3) is 11.8 Å². The molecule has 252 valence electrons. The van der Waals surface area contributed by atoms with E-state index in [9.17, 15) is 19.2 Å². The first-order valence-electron chi connectivity index (χ1n) is 16.8. The fourth-order valence-electron chi connectivity index (χ4n) is 6.96. The topological polar surface area (TPSA) is 93.3 Å². The molecule has 0 unspecified atom stereocenters. The first kappa shape index (κ1) is 33.6. The van der Waals surface area contributed by atoms with Crippen LogP contribution in [0, 0.1) is 13.8 Å². The van der Waals surface area contributed by atoms with Crippen LogP contribution in [0.2, 0.25) is 0 Å². The summed E-state index contributed by atoms with van der Waals surface area (Å²) in [7, 11) is 4.12. The Morgan fingerprint density at radius 2 is 1.41 bits per heavy atom. The summed E-state index contributed by atoms with van der Waals surface area (Å²) in [6.45, 7) is 5.51. The molecule has 1 N–H and O–H groups in total. The van der Waals surface area contributed by atoms with Crippen LogP contribution in [0.4, 0.5) is 17.1 Å². The third-order valence-corrected chi connectivity index (χ3v) is 9.71. The lowest BCUT2D eigenvalue weighted by Gasteiger charge is -2.36. The third kappa shape index (κ3) is 7.12. The maximum Gasteiger partial charge on any atom is 0.258 e. The van der Waals surface area contributed by atoms with E-state index in [4.69, 9.17) is 0 Å². The summed E-state index contributed by atoms with van der Waals surface area (Å²) >= 11 is 0. The van der Waals surface area contributed by atoms with Crippen LogP contribution in [0.3, 0.4) is 0 Å². The van der Waals surface area contributed by atoms with Gasteiger partial charge in [0.2, 0.25) is 11.8 Å². The highest BCUT2D eigenvalue weighted by Gasteiger charge is 2.33. The zero-order valence-corrected chi connectivity index (χ0v) is 28.6. The predicted octanol–water partition coefficient (Wildman–Crippen LogP) is 6.16. The van der Waals surface area contributed by atoms with Gasteiger partial charge in [-0.15, -0.1) is 0 Å². The molecular weight excluding hydrogens is 614 g/mol. The molecule has 0 saturated carbocycles. The fraction of sp³-hybridized carbons (Fsp3) is 0.300. The van der Waals surface area contributed by atoms with Crippen molar-refractivity contribution in [3.05, 3.63) is 113 Å². The Morgan fingerprint density at radius 1 is 0.776 bits per heavy atom. The summed E-state index contributed by atoms with van der Waals surface area (Å²) in [5.74, 6) is -0.792. The first-order valence-corrected chi connectivity index (χ1v) is 16.8. The van der Waals surface area contributed by atoms with Gasteiger partial charge in [0.05, 0.1) is 11.4 Å². The van der Waals surface area contributed by atoms with Crippen LogP contribution in [-0.2, 0) is 9.59 Å². The third-order valence-electron chi connectivity index (χ3n) is 9.71. The first-order chi connectivity index (χ1) is 23.6. The van der Waals surface area contributed by atoms with Crippen molar-refractivity contribution < 1.29 is 19.2 Å². The number of anilines is 3. The Hall–Kier alpha value is -5.28. The number of hydrogen-bond acceptors (Lipinski definition) is 5. The standard InChI is InChI=1S/C40H43N5O4/c1-27-10-9-11-28(2)38(27)32-12-5-6-13-33(32)39(48)41-30-18-16-29(17-19-30)40(49)44-25-22-36(46)45(35-15-8-7-14-34(35)44)26-37(47)43-23-20-31(21-24-43)42(3)4/h5-19,31H,20-26H2,1-4H3,(H,41,48). The maximum atomic E-state index is 13.9. The van der Waals surface area contributed by atoms with Gasteiger partial charge in [-0.05, 0) is 106 Å². The zero-order chi connectivity index (χ0) is 34.7. The van der Waals surface area contributed by atoms with Gasteiger partial charge in [-0.3, -0.25) is 19.2 Å². The fourth-order valence-corrected chi connectivity index (χ4v) is 6.96. The van der Waals surface area contributed by atoms with Crippen molar-refractivity contribution in [1.29, 1.82) is 0 Å². The van der Waals surface area contributed by atoms with Crippen LogP contribution in [0.1, 0.15) is 51.1 Å². The van der Waals surface area contributed by atoms with Gasteiger partial charge in [0, 0.05) is 48.9 Å². The van der Waals surface area contributed by atoms with Crippen LogP contribution in [-0.4, -0.2) is 79.7 Å². The monoisotopic (exact) mass is 657 g/mol. The van der Waals surface area contributed by atoms with Crippen LogP contribution in [0.5, 0.6) is 0 Å². The largest absolute Gasteiger partial charge is 0.341 e. The average molecular weight is 658 g/mol. The number of hydrogen-bond donors (Lipinski definition) is 1. The Labute approximate surface area is 288 Å². The second-order valence-corrected chi connectivity index (χ2v) is 13.1. The number of nitrogens with zero attached hydrogens (tertiary/aromatic N) is 4. The summed E-state index contributed by atoms with van der Waals surface area (Å²) in [4.78, 5) is 61.4. The summed E-state index contributed by atoms with van der Waals surface area (Å²) in [5.41, 5.74) is 6.75. The normalized spacial score (nSPS) is 15.2. The number of rotatable bonds is 7. The van der Waals surface area contributed by atoms with E-state index in [0.717, 1.165) is 35.1 Å². The molecule has 4 aromatic carbocycles. The molecule has 2 heterocycles. The number of amides is 4. The number of benzene rings is 4. The van der Waals surface area contributed by atoms with Gasteiger partial charge in [0.1, 0.15) is 6.54 Å². The Balaban J connectivity index is 1.17. The molecule has 9 heteroatoms. The molecule has 0 spiro atoms. The minimum Gasteiger partial charge on any atom is -0.341 e. The van der Waals surface area contributed by atoms with E-state index in [1.54, 1.807) is 35.2 Å². The molecule has 6 rings (SSSR count). The van der Waals surface area contributed by atoms with E-state index < -0.39 is 0 Å². The molecule has 0 radical (unpaired) electrons. The Bertz CT molecular complexity index is 1860. The molecule has 4 amide bonds. The van der Waals surface area contributed by atoms with Gasteiger partial charge in [-0.1, -0.05) is 48.5 Å². The molecule has 4 aromatic rings. The smallest absolute Gasteiger partial charge is 0.258 e. The number of likely N-dealkylation sites (tertiary alicyclic amines) is 1. The molecule has 9 nitrogen and oxygen atoms in total. The number of para-hydroxylation sites is 2. The van der Waals surface area contributed by atoms with E-state index in [-0.39, 0.29) is 43.1 Å². The van der Waals surface area contributed by atoms with Gasteiger partial charge in [-0.25, -0.2) is 0 Å². The molecule has 0 aromatic heterocycles. The van der Waals surface area contributed by atoms with Crippen molar-refractivity contribution in [2.45, 2.75) is 39.2 Å². The highest BCUT2D eigenvalue weighted by Crippen LogP contribution is 2.34. The molecular formula is C40H43N5O4. The summed E-state index contributed by atoms with van der Waals surface area (Å²) in [6.07, 6.45) is 1.88. The van der Waals surface area contributed by atoms with Crippen molar-refractivity contribution in [3.63, 3.8) is 0 Å². The van der Waals surface area contributed by atoms with Crippen molar-refractivity contribution >= 4 is 40.7 Å². The Kier molecular flexibility index (Phi) is 9.92. The molecule has 0 aliphatic carbocycles. The molecule has 2 aliphatic rings. The number of fused-ring (bicyclic) bond motifs is 1. The van der Waals surface area contributed by atoms with Crippen LogP contribution >= 0.6 is 0 Å². The van der Waals surface area contributed by atoms with Crippen LogP contribution in [0.25, 0.3) is 11.1 Å². The van der Waals surface area contributed by atoms with E-state index in [1.165, 1.54) is 4.90 Å². The molecule has 0 bridgehead atoms. The van der Waals surface area contributed by atoms with Crippen molar-refractivity contribution in [2.24, 2.45) is 0 Å². The number of carbonyl (C=O) groups is 4. The van der Waals surface area contributed by atoms with E-state index in [1.807, 2.05) is 79.4 Å². The van der Waals surface area contributed by atoms with Crippen LogP contribution in [0.15, 0.2) is 91.0 Å². The molecule has 2 aliphatic heterocycles. The molecule has 1 fully saturated rings. The highest BCUT2D eigenvalue weighted by atomic mass is 16.2. The summed E-state index contributed by atoms with van der Waals surface area (Å²) in [6, 6.07) is 28.1. The number of carbonyl (C=O) groups excluding carboxylic acids is 4. The predicted molar refractivity (Wildman–Crippen MR) is 194 cm³/mol. The zero-order valence-electron chi connectivity index (χ0n) is 28.6. The molecule has 0 atom stereocenters. The SMILES string of the molecule is Cc1cccc(C)c1-c1ccccc1C(=O)Nc1ccc(C(=O)N2CCC(=O)N(CC(=O)N3CCC(N(C)C)CC3)c3ccccc32)cc1. The summed E-state index contributed by atoms with van der Waals surface area (Å²) in [5, 5.41) is 2.99. The minimum absolute atomic E-state index is 0.0640.